The Hall–Kier alpha value is -6.07. The summed E-state index contributed by atoms with van der Waals surface area (Å²) >= 11 is 3.62. The van der Waals surface area contributed by atoms with Gasteiger partial charge in [0.2, 0.25) is 0 Å². The van der Waals surface area contributed by atoms with Gasteiger partial charge < -0.3 is 4.90 Å². The van der Waals surface area contributed by atoms with Crippen LogP contribution in [0.2, 0.25) is 0 Å². The Labute approximate surface area is 304 Å². The van der Waals surface area contributed by atoms with Crippen LogP contribution in [0.15, 0.2) is 182 Å². The molecule has 2 aromatic heterocycles. The molecule has 8 aromatic carbocycles. The molecule has 0 spiro atoms. The Kier molecular flexibility index (Phi) is 7.23. The van der Waals surface area contributed by atoms with Gasteiger partial charge in [-0.1, -0.05) is 140 Å². The summed E-state index contributed by atoms with van der Waals surface area (Å²) in [5.74, 6) is 0. The zero-order valence-electron chi connectivity index (χ0n) is 27.5. The van der Waals surface area contributed by atoms with E-state index in [0.29, 0.717) is 0 Å². The number of rotatable bonds is 6. The Morgan fingerprint density at radius 2 is 0.980 bits per heavy atom. The lowest BCUT2D eigenvalue weighted by atomic mass is 9.96. The van der Waals surface area contributed by atoms with Crippen molar-refractivity contribution in [3.8, 4) is 32.8 Å². The van der Waals surface area contributed by atoms with E-state index in [2.05, 4.69) is 187 Å². The maximum Gasteiger partial charge on any atom is 0.124 e. The molecule has 0 fully saturated rings. The van der Waals surface area contributed by atoms with Crippen molar-refractivity contribution in [3.05, 3.63) is 182 Å². The number of thiazole rings is 1. The lowest BCUT2D eigenvalue weighted by molar-refractivity contribution is 1.30. The predicted octanol–water partition coefficient (Wildman–Crippen LogP) is 14.3. The smallest absolute Gasteiger partial charge is 0.124 e. The van der Waals surface area contributed by atoms with Crippen molar-refractivity contribution in [1.29, 1.82) is 0 Å². The summed E-state index contributed by atoms with van der Waals surface area (Å²) < 4.78 is 3.77. The fraction of sp³-hybridized carbons (Fsp3) is 0. The van der Waals surface area contributed by atoms with E-state index >= 15 is 0 Å². The van der Waals surface area contributed by atoms with Gasteiger partial charge in [0.05, 0.1) is 15.9 Å². The molecular weight excluding hydrogens is 657 g/mol. The van der Waals surface area contributed by atoms with Crippen molar-refractivity contribution in [2.75, 3.05) is 4.90 Å². The second-order valence-electron chi connectivity index (χ2n) is 12.8. The van der Waals surface area contributed by atoms with Crippen LogP contribution in [0.25, 0.3) is 74.0 Å². The van der Waals surface area contributed by atoms with E-state index in [9.17, 15) is 0 Å². The van der Waals surface area contributed by atoms with Crippen molar-refractivity contribution < 1.29 is 0 Å². The number of nitrogens with zero attached hydrogens (tertiary/aromatic N) is 2. The lowest BCUT2D eigenvalue weighted by Gasteiger charge is -2.28. The first-order valence-electron chi connectivity index (χ1n) is 17.1. The zero-order chi connectivity index (χ0) is 33.7. The van der Waals surface area contributed by atoms with E-state index in [0.717, 1.165) is 33.1 Å². The number of benzene rings is 8. The normalized spacial score (nSPS) is 11.5. The second kappa shape index (κ2) is 12.4. The van der Waals surface area contributed by atoms with Crippen LogP contribution in [0.5, 0.6) is 0 Å². The van der Waals surface area contributed by atoms with Gasteiger partial charge in [-0.25, -0.2) is 4.98 Å². The summed E-state index contributed by atoms with van der Waals surface area (Å²) in [6.07, 6.45) is 0. The molecule has 10 aromatic rings. The molecule has 2 nitrogen and oxygen atoms in total. The van der Waals surface area contributed by atoms with E-state index in [1.165, 1.54) is 57.9 Å². The molecule has 0 saturated heterocycles. The minimum Gasteiger partial charge on any atom is -0.310 e. The van der Waals surface area contributed by atoms with Gasteiger partial charge in [0, 0.05) is 42.5 Å². The number of thiophene rings is 1. The Bertz CT molecular complexity index is 2840. The molecule has 0 aliphatic rings. The summed E-state index contributed by atoms with van der Waals surface area (Å²) in [7, 11) is 0. The van der Waals surface area contributed by atoms with E-state index in [1.807, 2.05) is 11.3 Å². The average molecular weight is 687 g/mol. The first-order valence-corrected chi connectivity index (χ1v) is 18.8. The molecule has 0 aliphatic heterocycles. The molecule has 0 amide bonds. The molecule has 0 saturated carbocycles. The molecule has 0 N–H and O–H groups in total. The fourth-order valence-electron chi connectivity index (χ4n) is 7.24. The minimum atomic E-state index is 1.06. The van der Waals surface area contributed by atoms with Crippen molar-refractivity contribution in [2.45, 2.75) is 0 Å². The van der Waals surface area contributed by atoms with Crippen molar-refractivity contribution in [1.82, 2.24) is 4.98 Å². The highest BCUT2D eigenvalue weighted by Crippen LogP contribution is 2.45. The molecule has 240 valence electrons. The third-order valence-corrected chi connectivity index (χ3v) is 11.9. The Morgan fingerprint density at radius 3 is 1.73 bits per heavy atom. The summed E-state index contributed by atoms with van der Waals surface area (Å²) in [6, 6.07) is 65.6. The predicted molar refractivity (Wildman–Crippen MR) is 221 cm³/mol. The first kappa shape index (κ1) is 29.8. The third-order valence-electron chi connectivity index (χ3n) is 9.70. The van der Waals surface area contributed by atoms with Gasteiger partial charge in [-0.05, 0) is 70.1 Å². The number of hydrogen-bond donors (Lipinski definition) is 0. The number of aromatic nitrogens is 1. The lowest BCUT2D eigenvalue weighted by Crippen LogP contribution is -2.10. The third kappa shape index (κ3) is 5.28. The molecule has 10 rings (SSSR count). The highest BCUT2D eigenvalue weighted by atomic mass is 32.1. The van der Waals surface area contributed by atoms with Crippen LogP contribution >= 0.6 is 22.7 Å². The molecule has 0 atom stereocenters. The first-order chi connectivity index (χ1) is 25.3. The van der Waals surface area contributed by atoms with Crippen LogP contribution in [0.4, 0.5) is 17.1 Å². The summed E-state index contributed by atoms with van der Waals surface area (Å²) in [5, 5.41) is 6.03. The van der Waals surface area contributed by atoms with Crippen molar-refractivity contribution in [3.63, 3.8) is 0 Å². The van der Waals surface area contributed by atoms with Crippen LogP contribution in [0.3, 0.4) is 0 Å². The molecule has 51 heavy (non-hydrogen) atoms. The van der Waals surface area contributed by atoms with Crippen molar-refractivity contribution >= 4 is 80.9 Å². The van der Waals surface area contributed by atoms with Gasteiger partial charge in [-0.3, -0.25) is 0 Å². The van der Waals surface area contributed by atoms with Gasteiger partial charge in [-0.15, -0.1) is 22.7 Å². The molecule has 0 bridgehead atoms. The van der Waals surface area contributed by atoms with Crippen LogP contribution in [-0.4, -0.2) is 4.98 Å². The van der Waals surface area contributed by atoms with E-state index in [4.69, 9.17) is 4.98 Å². The number of hydrogen-bond acceptors (Lipinski definition) is 4. The summed E-state index contributed by atoms with van der Waals surface area (Å²) in [5.41, 5.74) is 10.5. The molecule has 0 aliphatic carbocycles. The van der Waals surface area contributed by atoms with Crippen LogP contribution in [0, 0.1) is 0 Å². The van der Waals surface area contributed by atoms with Crippen molar-refractivity contribution in [2.24, 2.45) is 0 Å². The quantitative estimate of drug-likeness (QED) is 0.173. The maximum absolute atomic E-state index is 5.05. The summed E-state index contributed by atoms with van der Waals surface area (Å²) in [4.78, 5) is 7.46. The number of anilines is 3. The summed E-state index contributed by atoms with van der Waals surface area (Å²) in [6.45, 7) is 0. The molecular formula is C47H30N2S2. The standard InChI is InChI=1S/C47H30N2S2/c1-4-12-31(13-5-1)32-20-22-35(23-21-32)49(43-27-26-37(33-14-6-2-7-15-33)38-18-10-11-19-39(38)43)36-24-25-40-41-29-42-46(30-45(41)50-44(40)28-36)51-47(48-42)34-16-8-3-9-17-34/h1-30H. The largest absolute Gasteiger partial charge is 0.310 e. The van der Waals surface area contributed by atoms with E-state index < -0.39 is 0 Å². The monoisotopic (exact) mass is 686 g/mol. The van der Waals surface area contributed by atoms with Gasteiger partial charge >= 0.3 is 0 Å². The molecule has 2 heterocycles. The zero-order valence-corrected chi connectivity index (χ0v) is 29.2. The van der Waals surface area contributed by atoms with E-state index in [-0.39, 0.29) is 0 Å². The highest BCUT2D eigenvalue weighted by molar-refractivity contribution is 7.26. The topological polar surface area (TPSA) is 16.1 Å². The molecule has 0 unspecified atom stereocenters. The van der Waals surface area contributed by atoms with Crippen LogP contribution in [0.1, 0.15) is 0 Å². The Balaban J connectivity index is 1.13. The van der Waals surface area contributed by atoms with Gasteiger partial charge in [-0.2, -0.15) is 0 Å². The van der Waals surface area contributed by atoms with Crippen LogP contribution < -0.4 is 4.90 Å². The van der Waals surface area contributed by atoms with Gasteiger partial charge in [0.15, 0.2) is 0 Å². The van der Waals surface area contributed by atoms with Crippen LogP contribution in [-0.2, 0) is 0 Å². The SMILES string of the molecule is c1ccc(-c2ccc(N(c3ccc4c(c3)sc3cc5sc(-c6ccccc6)nc5cc34)c3ccc(-c4ccccc4)c4ccccc34)cc2)cc1. The van der Waals surface area contributed by atoms with E-state index in [1.54, 1.807) is 11.3 Å². The number of fused-ring (bicyclic) bond motifs is 5. The molecule has 4 heteroatoms. The Morgan fingerprint density at radius 1 is 0.373 bits per heavy atom. The molecule has 0 radical (unpaired) electrons. The van der Waals surface area contributed by atoms with Gasteiger partial charge in [0.25, 0.3) is 0 Å². The van der Waals surface area contributed by atoms with Gasteiger partial charge in [0.1, 0.15) is 5.01 Å². The minimum absolute atomic E-state index is 1.06. The fourth-order valence-corrected chi connectivity index (χ4v) is 9.47. The maximum atomic E-state index is 5.05. The second-order valence-corrected chi connectivity index (χ2v) is 14.9. The average Bonchev–Trinajstić information content (AvgIpc) is 3.78. The highest BCUT2D eigenvalue weighted by Gasteiger charge is 2.19.